The smallest absolute Gasteiger partial charge is 0.123 e. The molecule has 0 heterocycles. The van der Waals surface area contributed by atoms with Crippen LogP contribution in [0, 0.1) is 19.7 Å². The van der Waals surface area contributed by atoms with E-state index >= 15 is 0 Å². The summed E-state index contributed by atoms with van der Waals surface area (Å²) in [6.45, 7) is 7.29. The van der Waals surface area contributed by atoms with Gasteiger partial charge < -0.3 is 10.1 Å². The van der Waals surface area contributed by atoms with Gasteiger partial charge in [-0.05, 0) is 67.8 Å². The van der Waals surface area contributed by atoms with Gasteiger partial charge in [-0.25, -0.2) is 4.39 Å². The number of anilines is 1. The van der Waals surface area contributed by atoms with E-state index in [-0.39, 0.29) is 5.82 Å². The Bertz CT molecular complexity index is 596. The van der Waals surface area contributed by atoms with Crippen LogP contribution in [0.25, 0.3) is 0 Å². The first-order valence-electron chi connectivity index (χ1n) is 6.82. The zero-order chi connectivity index (χ0) is 14.5. The van der Waals surface area contributed by atoms with Gasteiger partial charge in [0, 0.05) is 12.2 Å². The van der Waals surface area contributed by atoms with Crippen molar-refractivity contribution < 1.29 is 9.13 Å². The van der Waals surface area contributed by atoms with E-state index in [1.54, 1.807) is 6.07 Å². The monoisotopic (exact) mass is 273 g/mol. The Morgan fingerprint density at radius 2 is 1.85 bits per heavy atom. The van der Waals surface area contributed by atoms with Crippen LogP contribution in [0.15, 0.2) is 36.4 Å². The average molecular weight is 273 g/mol. The van der Waals surface area contributed by atoms with Crippen LogP contribution in [0.4, 0.5) is 10.1 Å². The van der Waals surface area contributed by atoms with Crippen molar-refractivity contribution in [3.05, 3.63) is 58.9 Å². The molecule has 3 heteroatoms. The number of hydrogen-bond acceptors (Lipinski definition) is 2. The summed E-state index contributed by atoms with van der Waals surface area (Å²) in [4.78, 5) is 0. The average Bonchev–Trinajstić information content (AvgIpc) is 2.40. The fraction of sp³-hybridized carbons (Fsp3) is 0.294. The second-order valence-electron chi connectivity index (χ2n) is 4.83. The van der Waals surface area contributed by atoms with Crippen LogP contribution in [-0.2, 0) is 6.54 Å². The van der Waals surface area contributed by atoms with E-state index in [2.05, 4.69) is 5.32 Å². The van der Waals surface area contributed by atoms with E-state index in [0.29, 0.717) is 13.2 Å². The lowest BCUT2D eigenvalue weighted by atomic mass is 10.1. The highest BCUT2D eigenvalue weighted by Crippen LogP contribution is 2.22. The molecule has 0 aliphatic rings. The van der Waals surface area contributed by atoms with Gasteiger partial charge in [0.05, 0.1) is 6.61 Å². The van der Waals surface area contributed by atoms with Crippen molar-refractivity contribution in [2.75, 3.05) is 11.9 Å². The minimum Gasteiger partial charge on any atom is -0.494 e. The molecule has 0 radical (unpaired) electrons. The molecule has 2 rings (SSSR count). The molecule has 0 unspecified atom stereocenters. The molecule has 20 heavy (non-hydrogen) atoms. The lowest BCUT2D eigenvalue weighted by Crippen LogP contribution is -2.03. The van der Waals surface area contributed by atoms with Crippen molar-refractivity contribution in [2.45, 2.75) is 27.3 Å². The predicted octanol–water partition coefficient (Wildman–Crippen LogP) is 4.45. The number of hydrogen-bond donors (Lipinski definition) is 1. The number of ether oxygens (including phenoxy) is 1. The molecule has 0 amide bonds. The van der Waals surface area contributed by atoms with E-state index in [1.807, 2.05) is 45.0 Å². The van der Waals surface area contributed by atoms with Crippen LogP contribution >= 0.6 is 0 Å². The van der Waals surface area contributed by atoms with Crippen LogP contribution in [-0.4, -0.2) is 6.61 Å². The van der Waals surface area contributed by atoms with Crippen LogP contribution in [0.3, 0.4) is 0 Å². The molecular weight excluding hydrogens is 253 g/mol. The lowest BCUT2D eigenvalue weighted by molar-refractivity contribution is 0.340. The molecule has 0 aliphatic carbocycles. The Morgan fingerprint density at radius 1 is 1.05 bits per heavy atom. The summed E-state index contributed by atoms with van der Waals surface area (Å²) in [6.07, 6.45) is 0. The molecule has 0 aromatic heterocycles. The highest BCUT2D eigenvalue weighted by atomic mass is 19.1. The summed E-state index contributed by atoms with van der Waals surface area (Å²) in [5.41, 5.74) is 4.26. The molecule has 0 saturated carbocycles. The van der Waals surface area contributed by atoms with Crippen LogP contribution < -0.4 is 10.1 Å². The molecular formula is C17H20FNO. The fourth-order valence-electron chi connectivity index (χ4n) is 2.14. The Labute approximate surface area is 119 Å². The van der Waals surface area contributed by atoms with E-state index in [9.17, 15) is 4.39 Å². The van der Waals surface area contributed by atoms with E-state index in [0.717, 1.165) is 28.1 Å². The Kier molecular flexibility index (Phi) is 4.61. The molecule has 106 valence electrons. The Hall–Kier alpha value is -2.03. The fourth-order valence-corrected chi connectivity index (χ4v) is 2.14. The second kappa shape index (κ2) is 6.42. The number of halogens is 1. The van der Waals surface area contributed by atoms with Gasteiger partial charge in [0.2, 0.25) is 0 Å². The highest BCUT2D eigenvalue weighted by Gasteiger charge is 2.03. The molecule has 1 N–H and O–H groups in total. The van der Waals surface area contributed by atoms with Crippen molar-refractivity contribution in [1.29, 1.82) is 0 Å². The lowest BCUT2D eigenvalue weighted by Gasteiger charge is -2.13. The summed E-state index contributed by atoms with van der Waals surface area (Å²) < 4.78 is 18.5. The summed E-state index contributed by atoms with van der Waals surface area (Å²) in [5.74, 6) is 0.692. The molecule has 2 nitrogen and oxygen atoms in total. The molecule has 2 aromatic carbocycles. The van der Waals surface area contributed by atoms with E-state index < -0.39 is 0 Å². The number of benzene rings is 2. The second-order valence-corrected chi connectivity index (χ2v) is 4.83. The van der Waals surface area contributed by atoms with E-state index in [4.69, 9.17) is 4.74 Å². The first-order chi connectivity index (χ1) is 9.60. The highest BCUT2D eigenvalue weighted by molar-refractivity contribution is 5.54. The van der Waals surface area contributed by atoms with Gasteiger partial charge >= 0.3 is 0 Å². The van der Waals surface area contributed by atoms with E-state index in [1.165, 1.54) is 6.07 Å². The molecule has 0 atom stereocenters. The summed E-state index contributed by atoms with van der Waals surface area (Å²) in [6, 6.07) is 10.9. The van der Waals surface area contributed by atoms with Crippen molar-refractivity contribution in [3.8, 4) is 5.75 Å². The Balaban J connectivity index is 2.07. The van der Waals surface area contributed by atoms with Gasteiger partial charge in [-0.1, -0.05) is 6.07 Å². The van der Waals surface area contributed by atoms with Crippen LogP contribution in [0.5, 0.6) is 5.75 Å². The van der Waals surface area contributed by atoms with Crippen molar-refractivity contribution >= 4 is 5.69 Å². The zero-order valence-electron chi connectivity index (χ0n) is 12.2. The maximum Gasteiger partial charge on any atom is 0.123 e. The quantitative estimate of drug-likeness (QED) is 0.868. The zero-order valence-corrected chi connectivity index (χ0v) is 12.2. The third-order valence-electron chi connectivity index (χ3n) is 3.28. The van der Waals surface area contributed by atoms with Gasteiger partial charge in [-0.2, -0.15) is 0 Å². The van der Waals surface area contributed by atoms with Crippen molar-refractivity contribution in [2.24, 2.45) is 0 Å². The molecule has 0 spiro atoms. The molecule has 0 bridgehead atoms. The summed E-state index contributed by atoms with van der Waals surface area (Å²) in [7, 11) is 0. The SMILES string of the molecule is CCOc1ccc(NCc2ccc(F)cc2C)c(C)c1. The van der Waals surface area contributed by atoms with Crippen LogP contribution in [0.1, 0.15) is 23.6 Å². The third kappa shape index (κ3) is 3.50. The maximum atomic E-state index is 13.1. The minimum atomic E-state index is -0.191. The third-order valence-corrected chi connectivity index (χ3v) is 3.28. The number of aryl methyl sites for hydroxylation is 2. The number of nitrogens with one attached hydrogen (secondary N) is 1. The molecule has 2 aromatic rings. The van der Waals surface area contributed by atoms with Gasteiger partial charge in [-0.15, -0.1) is 0 Å². The van der Waals surface area contributed by atoms with Gasteiger partial charge in [-0.3, -0.25) is 0 Å². The first-order valence-corrected chi connectivity index (χ1v) is 6.82. The Morgan fingerprint density at radius 3 is 2.50 bits per heavy atom. The first kappa shape index (κ1) is 14.4. The summed E-state index contributed by atoms with van der Waals surface area (Å²) >= 11 is 0. The van der Waals surface area contributed by atoms with Gasteiger partial charge in [0.1, 0.15) is 11.6 Å². The van der Waals surface area contributed by atoms with Gasteiger partial charge in [0.25, 0.3) is 0 Å². The van der Waals surface area contributed by atoms with Crippen molar-refractivity contribution in [1.82, 2.24) is 0 Å². The molecule has 0 fully saturated rings. The standard InChI is InChI=1S/C17H20FNO/c1-4-20-16-7-8-17(13(3)10-16)19-11-14-5-6-15(18)9-12(14)2/h5-10,19H,4,11H2,1-3H3. The predicted molar refractivity (Wildman–Crippen MR) is 80.8 cm³/mol. The minimum absolute atomic E-state index is 0.191. The molecule has 0 saturated heterocycles. The number of rotatable bonds is 5. The molecule has 0 aliphatic heterocycles. The summed E-state index contributed by atoms with van der Waals surface area (Å²) in [5, 5.41) is 3.38. The maximum absolute atomic E-state index is 13.1. The normalized spacial score (nSPS) is 10.4. The van der Waals surface area contributed by atoms with Crippen LogP contribution in [0.2, 0.25) is 0 Å². The topological polar surface area (TPSA) is 21.3 Å². The largest absolute Gasteiger partial charge is 0.494 e. The van der Waals surface area contributed by atoms with Gasteiger partial charge in [0.15, 0.2) is 0 Å². The van der Waals surface area contributed by atoms with Crippen molar-refractivity contribution in [3.63, 3.8) is 0 Å².